The number of halogens is 2. The molecular weight excluding hydrogens is 484 g/mol. The lowest BCUT2D eigenvalue weighted by Crippen LogP contribution is -2.50. The second kappa shape index (κ2) is 12.4. The number of rotatable bonds is 10. The lowest BCUT2D eigenvalue weighted by Gasteiger charge is -2.29. The highest BCUT2D eigenvalue weighted by Crippen LogP contribution is 2.19. The Morgan fingerprint density at radius 1 is 1.13 bits per heavy atom. The molecule has 0 heterocycles. The summed E-state index contributed by atoms with van der Waals surface area (Å²) < 4.78 is 0.944. The van der Waals surface area contributed by atoms with Gasteiger partial charge in [0.1, 0.15) is 6.04 Å². The quantitative estimate of drug-likeness (QED) is 0.447. The normalized spacial score (nSPS) is 12.8. The number of nitrogens with one attached hydrogen (secondary N) is 1. The first-order chi connectivity index (χ1) is 14.3. The number of benzene rings is 2. The number of amides is 2. The molecule has 0 saturated carbocycles. The van der Waals surface area contributed by atoms with Crippen molar-refractivity contribution in [2.45, 2.75) is 51.6 Å². The molecule has 0 bridgehead atoms. The molecular formula is C23H28BrClN2O2S. The molecule has 0 radical (unpaired) electrons. The van der Waals surface area contributed by atoms with E-state index in [1.54, 1.807) is 11.8 Å². The number of thioether (sulfide) groups is 1. The van der Waals surface area contributed by atoms with Crippen molar-refractivity contribution in [3.05, 3.63) is 69.2 Å². The molecule has 0 fully saturated rings. The van der Waals surface area contributed by atoms with Gasteiger partial charge < -0.3 is 10.2 Å². The maximum Gasteiger partial charge on any atom is 0.242 e. The highest BCUT2D eigenvalue weighted by Gasteiger charge is 2.26. The Bertz CT molecular complexity index is 865. The molecule has 0 saturated heterocycles. The van der Waals surface area contributed by atoms with E-state index in [-0.39, 0.29) is 17.9 Å². The molecule has 2 aromatic rings. The van der Waals surface area contributed by atoms with Gasteiger partial charge in [-0.25, -0.2) is 0 Å². The third-order valence-corrected chi connectivity index (χ3v) is 6.51. The highest BCUT2D eigenvalue weighted by molar-refractivity contribution is 9.10. The van der Waals surface area contributed by atoms with Crippen molar-refractivity contribution in [1.82, 2.24) is 10.2 Å². The van der Waals surface area contributed by atoms with E-state index in [0.717, 1.165) is 22.0 Å². The number of hydrogen-bond acceptors (Lipinski definition) is 3. The van der Waals surface area contributed by atoms with Crippen LogP contribution in [0, 0.1) is 0 Å². The summed E-state index contributed by atoms with van der Waals surface area (Å²) in [6, 6.07) is 14.9. The van der Waals surface area contributed by atoms with Gasteiger partial charge in [-0.2, -0.15) is 0 Å². The number of hydrogen-bond donors (Lipinski definition) is 1. The van der Waals surface area contributed by atoms with Crippen molar-refractivity contribution in [1.29, 1.82) is 0 Å². The van der Waals surface area contributed by atoms with Gasteiger partial charge in [-0.15, -0.1) is 11.8 Å². The van der Waals surface area contributed by atoms with E-state index in [1.807, 2.05) is 62.4 Å². The Morgan fingerprint density at radius 3 is 2.50 bits per heavy atom. The van der Waals surface area contributed by atoms with Crippen LogP contribution in [0.15, 0.2) is 53.0 Å². The van der Waals surface area contributed by atoms with Crippen molar-refractivity contribution >= 4 is 51.1 Å². The Labute approximate surface area is 196 Å². The van der Waals surface area contributed by atoms with E-state index in [9.17, 15) is 9.59 Å². The molecule has 0 aliphatic rings. The molecule has 2 rings (SSSR count). The minimum atomic E-state index is -0.558. The maximum absolute atomic E-state index is 13.1. The zero-order chi connectivity index (χ0) is 22.1. The summed E-state index contributed by atoms with van der Waals surface area (Å²) in [5.74, 6) is 0.785. The largest absolute Gasteiger partial charge is 0.352 e. The van der Waals surface area contributed by atoms with E-state index in [1.165, 1.54) is 11.8 Å². The van der Waals surface area contributed by atoms with Crippen molar-refractivity contribution in [2.24, 2.45) is 0 Å². The Morgan fingerprint density at radius 2 is 1.83 bits per heavy atom. The molecule has 162 valence electrons. The molecule has 4 nitrogen and oxygen atoms in total. The Kier molecular flexibility index (Phi) is 10.2. The van der Waals surface area contributed by atoms with Gasteiger partial charge in [-0.05, 0) is 55.7 Å². The average molecular weight is 512 g/mol. The fourth-order valence-electron chi connectivity index (χ4n) is 2.85. The zero-order valence-electron chi connectivity index (χ0n) is 17.5. The van der Waals surface area contributed by atoms with E-state index >= 15 is 0 Å². The van der Waals surface area contributed by atoms with Gasteiger partial charge in [-0.3, -0.25) is 9.59 Å². The molecule has 0 aliphatic carbocycles. The Hall–Kier alpha value is -1.50. The summed E-state index contributed by atoms with van der Waals surface area (Å²) >= 11 is 11.0. The van der Waals surface area contributed by atoms with Crippen LogP contribution in [0.5, 0.6) is 0 Å². The monoisotopic (exact) mass is 510 g/mol. The van der Waals surface area contributed by atoms with Gasteiger partial charge in [0.2, 0.25) is 11.8 Å². The van der Waals surface area contributed by atoms with Gasteiger partial charge >= 0.3 is 0 Å². The van der Waals surface area contributed by atoms with Crippen LogP contribution in [0.25, 0.3) is 0 Å². The summed E-state index contributed by atoms with van der Waals surface area (Å²) in [6.45, 7) is 6.15. The molecule has 2 aromatic carbocycles. The molecule has 0 spiro atoms. The van der Waals surface area contributed by atoms with E-state index < -0.39 is 6.04 Å². The summed E-state index contributed by atoms with van der Waals surface area (Å²) in [6.07, 6.45) is 0.841. The number of carbonyl (C=O) groups is 2. The summed E-state index contributed by atoms with van der Waals surface area (Å²) in [4.78, 5) is 27.4. The van der Waals surface area contributed by atoms with Crippen LogP contribution < -0.4 is 5.32 Å². The molecule has 2 atom stereocenters. The lowest BCUT2D eigenvalue weighted by molar-refractivity contribution is -0.138. The molecule has 1 N–H and O–H groups in total. The van der Waals surface area contributed by atoms with E-state index in [2.05, 4.69) is 21.2 Å². The second-order valence-electron chi connectivity index (χ2n) is 7.27. The van der Waals surface area contributed by atoms with E-state index in [0.29, 0.717) is 23.1 Å². The predicted octanol–water partition coefficient (Wildman–Crippen LogP) is 5.67. The standard InChI is InChI=1S/C23H28BrClN2O2S/c1-4-16(2)26-23(29)17(3)27(13-18-7-5-9-20(24)11-18)22(28)15-30-14-19-8-6-10-21(25)12-19/h5-12,16-17H,4,13-15H2,1-3H3,(H,26,29). The SMILES string of the molecule is CCC(C)NC(=O)C(C)N(Cc1cccc(Br)c1)C(=O)CSCc1cccc(Cl)c1. The molecule has 30 heavy (non-hydrogen) atoms. The van der Waals surface area contributed by atoms with Crippen molar-refractivity contribution in [3.8, 4) is 0 Å². The van der Waals surface area contributed by atoms with Gasteiger partial charge in [0.15, 0.2) is 0 Å². The van der Waals surface area contributed by atoms with Gasteiger partial charge in [0, 0.05) is 27.8 Å². The first kappa shape index (κ1) is 24.8. The van der Waals surface area contributed by atoms with Crippen LogP contribution in [0.1, 0.15) is 38.3 Å². The van der Waals surface area contributed by atoms with E-state index in [4.69, 9.17) is 11.6 Å². The molecule has 7 heteroatoms. The zero-order valence-corrected chi connectivity index (χ0v) is 20.7. The summed E-state index contributed by atoms with van der Waals surface area (Å²) in [5, 5.41) is 3.67. The van der Waals surface area contributed by atoms with Crippen LogP contribution in [0.4, 0.5) is 0 Å². The van der Waals surface area contributed by atoms with Crippen molar-refractivity contribution in [3.63, 3.8) is 0 Å². The summed E-state index contributed by atoms with van der Waals surface area (Å²) in [5.41, 5.74) is 2.04. The fourth-order valence-corrected chi connectivity index (χ4v) is 4.36. The molecule has 2 amide bonds. The molecule has 2 unspecified atom stereocenters. The lowest BCUT2D eigenvalue weighted by atomic mass is 10.1. The smallest absolute Gasteiger partial charge is 0.242 e. The number of nitrogens with zero attached hydrogens (tertiary/aromatic N) is 1. The maximum atomic E-state index is 13.1. The highest BCUT2D eigenvalue weighted by atomic mass is 79.9. The third-order valence-electron chi connectivity index (χ3n) is 4.79. The van der Waals surface area contributed by atoms with Gasteiger partial charge in [0.25, 0.3) is 0 Å². The minimum Gasteiger partial charge on any atom is -0.352 e. The fraction of sp³-hybridized carbons (Fsp3) is 0.391. The van der Waals surface area contributed by atoms with Crippen LogP contribution in [0.2, 0.25) is 5.02 Å². The first-order valence-corrected chi connectivity index (χ1v) is 12.3. The molecule has 0 aromatic heterocycles. The third kappa shape index (κ3) is 7.97. The van der Waals surface area contributed by atoms with Crippen molar-refractivity contribution in [2.75, 3.05) is 5.75 Å². The van der Waals surface area contributed by atoms with Crippen LogP contribution in [-0.2, 0) is 21.9 Å². The van der Waals surface area contributed by atoms with Gasteiger partial charge in [0.05, 0.1) is 5.75 Å². The van der Waals surface area contributed by atoms with Crippen molar-refractivity contribution < 1.29 is 9.59 Å². The second-order valence-corrected chi connectivity index (χ2v) is 9.61. The van der Waals surface area contributed by atoms with Crippen LogP contribution >= 0.6 is 39.3 Å². The predicted molar refractivity (Wildman–Crippen MR) is 130 cm³/mol. The summed E-state index contributed by atoms with van der Waals surface area (Å²) in [7, 11) is 0. The Balaban J connectivity index is 2.08. The average Bonchev–Trinajstić information content (AvgIpc) is 2.71. The topological polar surface area (TPSA) is 49.4 Å². The minimum absolute atomic E-state index is 0.0613. The van der Waals surface area contributed by atoms with Gasteiger partial charge in [-0.1, -0.05) is 58.7 Å². The van der Waals surface area contributed by atoms with Crippen LogP contribution in [-0.4, -0.2) is 34.6 Å². The molecule has 0 aliphatic heterocycles. The first-order valence-electron chi connectivity index (χ1n) is 9.96. The number of carbonyl (C=O) groups excluding carboxylic acids is 2. The van der Waals surface area contributed by atoms with Crippen LogP contribution in [0.3, 0.4) is 0 Å².